The van der Waals surface area contributed by atoms with Crippen molar-refractivity contribution < 1.29 is 9.18 Å². The van der Waals surface area contributed by atoms with Gasteiger partial charge in [0.05, 0.1) is 11.7 Å². The number of pyridine rings is 1. The fourth-order valence-corrected chi connectivity index (χ4v) is 4.81. The van der Waals surface area contributed by atoms with Crippen LogP contribution < -0.4 is 5.32 Å². The van der Waals surface area contributed by atoms with E-state index < -0.39 is 0 Å². The number of hydrogen-bond acceptors (Lipinski definition) is 3. The predicted molar refractivity (Wildman–Crippen MR) is 129 cm³/mol. The van der Waals surface area contributed by atoms with Crippen molar-refractivity contribution in [2.75, 3.05) is 18.4 Å². The molecule has 2 aromatic carbocycles. The molecule has 0 bridgehead atoms. The number of likely N-dealkylation sites (tertiary alicyclic amines) is 1. The van der Waals surface area contributed by atoms with Crippen LogP contribution in [0.4, 0.5) is 10.1 Å². The van der Waals surface area contributed by atoms with Crippen molar-refractivity contribution in [3.8, 4) is 0 Å². The van der Waals surface area contributed by atoms with Gasteiger partial charge in [-0.15, -0.1) is 0 Å². The van der Waals surface area contributed by atoms with E-state index in [1.54, 1.807) is 0 Å². The van der Waals surface area contributed by atoms with Crippen LogP contribution in [0.3, 0.4) is 0 Å². The second-order valence-electron chi connectivity index (χ2n) is 8.64. The van der Waals surface area contributed by atoms with Crippen molar-refractivity contribution in [2.45, 2.75) is 32.2 Å². The molecule has 2 aromatic heterocycles. The summed E-state index contributed by atoms with van der Waals surface area (Å²) in [5.41, 5.74) is 5.48. The second kappa shape index (κ2) is 9.16. The fourth-order valence-electron chi connectivity index (χ4n) is 4.81. The Bertz CT molecular complexity index is 1260. The van der Waals surface area contributed by atoms with Crippen LogP contribution in [0.15, 0.2) is 66.9 Å². The average Bonchev–Trinajstić information content (AvgIpc) is 3.16. The van der Waals surface area contributed by atoms with Crippen LogP contribution >= 0.6 is 0 Å². The lowest BCUT2D eigenvalue weighted by Crippen LogP contribution is -2.35. The number of halogens is 1. The van der Waals surface area contributed by atoms with Crippen molar-refractivity contribution in [1.29, 1.82) is 0 Å². The zero-order chi connectivity index (χ0) is 22.8. The summed E-state index contributed by atoms with van der Waals surface area (Å²) < 4.78 is 13.2. The van der Waals surface area contributed by atoms with E-state index in [0.29, 0.717) is 11.3 Å². The highest BCUT2D eigenvalue weighted by molar-refractivity contribution is 6.05. The third-order valence-electron chi connectivity index (χ3n) is 6.40. The Kier molecular flexibility index (Phi) is 5.92. The molecule has 1 amide bonds. The smallest absolute Gasteiger partial charge is 0.255 e. The van der Waals surface area contributed by atoms with Crippen molar-refractivity contribution in [3.63, 3.8) is 0 Å². The SMILES string of the molecule is Cc1[nH]c2ccc(NC(=O)c3ccc(F)cc3)cc2c1[C@@H](c1ccccn1)N1CCCCC1. The molecule has 1 atom stereocenters. The maximum Gasteiger partial charge on any atom is 0.255 e. The van der Waals surface area contributed by atoms with Crippen LogP contribution in [0.5, 0.6) is 0 Å². The summed E-state index contributed by atoms with van der Waals surface area (Å²) in [4.78, 5) is 23.5. The molecule has 3 heterocycles. The molecular formula is C27H27FN4O. The zero-order valence-corrected chi connectivity index (χ0v) is 18.6. The van der Waals surface area contributed by atoms with Crippen LogP contribution in [0.1, 0.15) is 52.6 Å². The number of hydrogen-bond donors (Lipinski definition) is 2. The van der Waals surface area contributed by atoms with Crippen LogP contribution in [0.25, 0.3) is 10.9 Å². The molecule has 33 heavy (non-hydrogen) atoms. The first-order valence-corrected chi connectivity index (χ1v) is 11.4. The van der Waals surface area contributed by atoms with Gasteiger partial charge in [-0.1, -0.05) is 12.5 Å². The predicted octanol–water partition coefficient (Wildman–Crippen LogP) is 5.84. The summed E-state index contributed by atoms with van der Waals surface area (Å²) in [6.07, 6.45) is 5.48. The number of carbonyl (C=O) groups excluding carboxylic acids is 1. The molecular weight excluding hydrogens is 415 g/mol. The van der Waals surface area contributed by atoms with Crippen molar-refractivity contribution in [1.82, 2.24) is 14.9 Å². The molecule has 0 aliphatic carbocycles. The Morgan fingerprint density at radius 3 is 2.58 bits per heavy atom. The molecule has 4 aromatic rings. The standard InChI is InChI=1S/C27H27FN4O/c1-18-25(26(24-7-3-4-14-29-24)32-15-5-2-6-16-32)22-17-21(12-13-23(22)30-18)31-27(33)19-8-10-20(28)11-9-19/h3-4,7-14,17,26,30H,2,5-6,15-16H2,1H3,(H,31,33)/t26-/m1/s1. The molecule has 5 nitrogen and oxygen atoms in total. The van der Waals surface area contributed by atoms with E-state index in [9.17, 15) is 9.18 Å². The van der Waals surface area contributed by atoms with Gasteiger partial charge < -0.3 is 10.3 Å². The Morgan fingerprint density at radius 1 is 1.06 bits per heavy atom. The first kappa shape index (κ1) is 21.3. The van der Waals surface area contributed by atoms with Gasteiger partial charge in [0.25, 0.3) is 5.91 Å². The van der Waals surface area contributed by atoms with Crippen LogP contribution in [0, 0.1) is 12.7 Å². The first-order chi connectivity index (χ1) is 16.1. The number of H-pyrrole nitrogens is 1. The van der Waals surface area contributed by atoms with Crippen LogP contribution in [-0.4, -0.2) is 33.9 Å². The Morgan fingerprint density at radius 2 is 1.85 bits per heavy atom. The van der Waals surface area contributed by atoms with E-state index in [0.717, 1.165) is 35.4 Å². The largest absolute Gasteiger partial charge is 0.358 e. The molecule has 0 unspecified atom stereocenters. The van der Waals surface area contributed by atoms with E-state index in [1.165, 1.54) is 49.1 Å². The number of aromatic amines is 1. The maximum absolute atomic E-state index is 13.2. The number of rotatable bonds is 5. The average molecular weight is 443 g/mol. The molecule has 1 saturated heterocycles. The number of benzene rings is 2. The summed E-state index contributed by atoms with van der Waals surface area (Å²) in [7, 11) is 0. The first-order valence-electron chi connectivity index (χ1n) is 11.4. The van der Waals surface area contributed by atoms with Gasteiger partial charge in [0, 0.05) is 39.6 Å². The molecule has 6 heteroatoms. The highest BCUT2D eigenvalue weighted by Gasteiger charge is 2.29. The summed E-state index contributed by atoms with van der Waals surface area (Å²) in [6, 6.07) is 17.6. The molecule has 1 aliphatic heterocycles. The van der Waals surface area contributed by atoms with Crippen molar-refractivity contribution in [3.05, 3.63) is 95.2 Å². The molecule has 168 valence electrons. The number of fused-ring (bicyclic) bond motifs is 1. The zero-order valence-electron chi connectivity index (χ0n) is 18.6. The number of nitrogens with one attached hydrogen (secondary N) is 2. The third-order valence-corrected chi connectivity index (χ3v) is 6.40. The minimum atomic E-state index is -0.362. The van der Waals surface area contributed by atoms with E-state index in [2.05, 4.69) is 28.2 Å². The normalized spacial score (nSPS) is 15.5. The van der Waals surface area contributed by atoms with Gasteiger partial charge in [0.2, 0.25) is 0 Å². The fraction of sp³-hybridized carbons (Fsp3) is 0.259. The number of nitrogens with zero attached hydrogens (tertiary/aromatic N) is 2. The van der Waals surface area contributed by atoms with Gasteiger partial charge in [0.1, 0.15) is 5.82 Å². The van der Waals surface area contributed by atoms with E-state index in [4.69, 9.17) is 4.98 Å². The monoisotopic (exact) mass is 442 g/mol. The quantitative estimate of drug-likeness (QED) is 0.408. The minimum Gasteiger partial charge on any atom is -0.358 e. The highest BCUT2D eigenvalue weighted by atomic mass is 19.1. The molecule has 2 N–H and O–H groups in total. The third kappa shape index (κ3) is 4.39. The summed E-state index contributed by atoms with van der Waals surface area (Å²) in [5.74, 6) is -0.626. The van der Waals surface area contributed by atoms with Crippen molar-refractivity contribution >= 4 is 22.5 Å². The number of aromatic nitrogens is 2. The number of amides is 1. The minimum absolute atomic E-state index is 0.0447. The molecule has 0 radical (unpaired) electrons. The highest BCUT2D eigenvalue weighted by Crippen LogP contribution is 2.37. The lowest BCUT2D eigenvalue weighted by molar-refractivity contribution is 0.102. The topological polar surface area (TPSA) is 61.0 Å². The van der Waals surface area contributed by atoms with Gasteiger partial charge in [-0.05, 0) is 87.5 Å². The van der Waals surface area contributed by atoms with Gasteiger partial charge in [0.15, 0.2) is 0 Å². The van der Waals surface area contributed by atoms with Gasteiger partial charge in [-0.3, -0.25) is 14.7 Å². The Hall–Kier alpha value is -3.51. The summed E-state index contributed by atoms with van der Waals surface area (Å²) in [6.45, 7) is 4.18. The number of piperidine rings is 1. The lowest BCUT2D eigenvalue weighted by Gasteiger charge is -2.34. The Labute approximate surface area is 192 Å². The molecule has 1 fully saturated rings. The number of carbonyl (C=O) groups is 1. The van der Waals surface area contributed by atoms with Gasteiger partial charge in [-0.25, -0.2) is 4.39 Å². The molecule has 0 saturated carbocycles. The second-order valence-corrected chi connectivity index (χ2v) is 8.64. The van der Waals surface area contributed by atoms with Gasteiger partial charge in [-0.2, -0.15) is 0 Å². The molecule has 1 aliphatic rings. The number of aryl methyl sites for hydroxylation is 1. The Balaban J connectivity index is 1.54. The van der Waals surface area contributed by atoms with Gasteiger partial charge >= 0.3 is 0 Å². The maximum atomic E-state index is 13.2. The van der Waals surface area contributed by atoms with E-state index >= 15 is 0 Å². The summed E-state index contributed by atoms with van der Waals surface area (Å²) >= 11 is 0. The lowest BCUT2D eigenvalue weighted by atomic mass is 9.95. The summed E-state index contributed by atoms with van der Waals surface area (Å²) in [5, 5.41) is 4.03. The molecule has 5 rings (SSSR count). The van der Waals surface area contributed by atoms with Crippen LogP contribution in [0.2, 0.25) is 0 Å². The molecule has 0 spiro atoms. The number of anilines is 1. The van der Waals surface area contributed by atoms with E-state index in [-0.39, 0.29) is 17.8 Å². The van der Waals surface area contributed by atoms with E-state index in [1.807, 2.05) is 36.5 Å². The van der Waals surface area contributed by atoms with Crippen molar-refractivity contribution in [2.24, 2.45) is 0 Å². The van der Waals surface area contributed by atoms with Crippen LogP contribution in [-0.2, 0) is 0 Å².